The van der Waals surface area contributed by atoms with Crippen molar-refractivity contribution >= 4 is 18.4 Å². The van der Waals surface area contributed by atoms with Gasteiger partial charge in [0.15, 0.2) is 0 Å². The SMILES string of the molecule is C=C(C)C[Si](C#CCOC)(c1ccccc1)c1ccccc1. The van der Waals surface area contributed by atoms with E-state index in [1.807, 2.05) is 0 Å². The lowest BCUT2D eigenvalue weighted by molar-refractivity contribution is 0.240. The van der Waals surface area contributed by atoms with Crippen molar-refractivity contribution < 1.29 is 4.74 Å². The van der Waals surface area contributed by atoms with Crippen LogP contribution in [0.2, 0.25) is 6.04 Å². The predicted molar refractivity (Wildman–Crippen MR) is 97.2 cm³/mol. The van der Waals surface area contributed by atoms with Gasteiger partial charge in [-0.15, -0.1) is 12.1 Å². The molecule has 0 unspecified atom stereocenters. The van der Waals surface area contributed by atoms with E-state index in [-0.39, 0.29) is 0 Å². The van der Waals surface area contributed by atoms with E-state index in [4.69, 9.17) is 4.74 Å². The Bertz CT molecular complexity index is 626. The van der Waals surface area contributed by atoms with Crippen LogP contribution in [0.5, 0.6) is 0 Å². The van der Waals surface area contributed by atoms with E-state index in [0.717, 1.165) is 6.04 Å². The monoisotopic (exact) mass is 306 g/mol. The van der Waals surface area contributed by atoms with Crippen LogP contribution in [0.15, 0.2) is 72.8 Å². The first-order valence-corrected chi connectivity index (χ1v) is 9.64. The lowest BCUT2D eigenvalue weighted by Crippen LogP contribution is -2.57. The maximum absolute atomic E-state index is 5.14. The van der Waals surface area contributed by atoms with Gasteiger partial charge in [-0.25, -0.2) is 0 Å². The van der Waals surface area contributed by atoms with Gasteiger partial charge in [-0.2, -0.15) is 0 Å². The molecule has 0 fully saturated rings. The van der Waals surface area contributed by atoms with Gasteiger partial charge in [0, 0.05) is 7.11 Å². The van der Waals surface area contributed by atoms with Crippen LogP contribution in [-0.2, 0) is 4.74 Å². The summed E-state index contributed by atoms with van der Waals surface area (Å²) in [5.74, 6) is 3.23. The Morgan fingerprint density at radius 3 is 1.91 bits per heavy atom. The van der Waals surface area contributed by atoms with Gasteiger partial charge in [0.1, 0.15) is 6.61 Å². The molecule has 0 spiro atoms. The van der Waals surface area contributed by atoms with Gasteiger partial charge in [-0.05, 0) is 23.3 Å². The predicted octanol–water partition coefficient (Wildman–Crippen LogP) is 3.01. The van der Waals surface area contributed by atoms with Crippen LogP contribution in [0, 0.1) is 11.5 Å². The van der Waals surface area contributed by atoms with Crippen molar-refractivity contribution in [3.8, 4) is 11.5 Å². The average molecular weight is 306 g/mol. The van der Waals surface area contributed by atoms with Crippen molar-refractivity contribution in [2.45, 2.75) is 13.0 Å². The van der Waals surface area contributed by atoms with Crippen molar-refractivity contribution in [2.24, 2.45) is 0 Å². The molecular formula is C20H22OSi. The molecule has 0 aliphatic carbocycles. The molecule has 2 heteroatoms. The van der Waals surface area contributed by atoms with Crippen molar-refractivity contribution in [3.63, 3.8) is 0 Å². The summed E-state index contributed by atoms with van der Waals surface area (Å²) in [4.78, 5) is 0. The summed E-state index contributed by atoms with van der Waals surface area (Å²) in [5.41, 5.74) is 4.77. The molecule has 0 saturated heterocycles. The summed E-state index contributed by atoms with van der Waals surface area (Å²) in [5, 5.41) is 2.65. The Labute approximate surface area is 134 Å². The third kappa shape index (κ3) is 3.76. The molecule has 2 aromatic rings. The van der Waals surface area contributed by atoms with Crippen molar-refractivity contribution in [1.82, 2.24) is 0 Å². The van der Waals surface area contributed by atoms with Crippen LogP contribution < -0.4 is 10.4 Å². The fourth-order valence-corrected chi connectivity index (χ4v) is 6.64. The van der Waals surface area contributed by atoms with Gasteiger partial charge in [0.05, 0.1) is 0 Å². The topological polar surface area (TPSA) is 9.23 Å². The molecule has 0 radical (unpaired) electrons. The van der Waals surface area contributed by atoms with E-state index in [1.54, 1.807) is 7.11 Å². The largest absolute Gasteiger partial charge is 0.372 e. The molecule has 2 rings (SSSR count). The number of benzene rings is 2. The minimum Gasteiger partial charge on any atom is -0.372 e. The van der Waals surface area contributed by atoms with Crippen molar-refractivity contribution in [3.05, 3.63) is 72.8 Å². The van der Waals surface area contributed by atoms with Crippen molar-refractivity contribution in [2.75, 3.05) is 13.7 Å². The smallest absolute Gasteiger partial charge is 0.203 e. The first-order chi connectivity index (χ1) is 10.7. The molecule has 0 amide bonds. The Hall–Kier alpha value is -2.08. The zero-order valence-corrected chi connectivity index (χ0v) is 14.3. The summed E-state index contributed by atoms with van der Waals surface area (Å²) in [6, 6.07) is 22.2. The first kappa shape index (κ1) is 16.3. The highest BCUT2D eigenvalue weighted by molar-refractivity contribution is 7.08. The second kappa shape index (κ2) is 7.79. The summed E-state index contributed by atoms with van der Waals surface area (Å²) in [6.45, 7) is 6.71. The first-order valence-electron chi connectivity index (χ1n) is 7.43. The molecule has 0 saturated carbocycles. The summed E-state index contributed by atoms with van der Waals surface area (Å²) < 4.78 is 5.14. The second-order valence-electron chi connectivity index (χ2n) is 5.51. The molecule has 0 atom stereocenters. The molecule has 0 bridgehead atoms. The number of rotatable bonds is 5. The van der Waals surface area contributed by atoms with Crippen molar-refractivity contribution in [1.29, 1.82) is 0 Å². The van der Waals surface area contributed by atoms with Gasteiger partial charge in [-0.1, -0.05) is 72.2 Å². The maximum Gasteiger partial charge on any atom is 0.203 e. The number of hydrogen-bond donors (Lipinski definition) is 0. The van der Waals surface area contributed by atoms with Crippen LogP contribution in [0.1, 0.15) is 6.92 Å². The van der Waals surface area contributed by atoms with Crippen LogP contribution >= 0.6 is 0 Å². The summed E-state index contributed by atoms with van der Waals surface area (Å²) in [6.07, 6.45) is 0. The number of allylic oxidation sites excluding steroid dienone is 1. The van der Waals surface area contributed by atoms with Gasteiger partial charge in [-0.3, -0.25) is 0 Å². The number of methoxy groups -OCH3 is 1. The van der Waals surface area contributed by atoms with Gasteiger partial charge in [0.2, 0.25) is 8.07 Å². The molecule has 112 valence electrons. The molecule has 0 aliphatic heterocycles. The van der Waals surface area contributed by atoms with E-state index in [1.165, 1.54) is 15.9 Å². The van der Waals surface area contributed by atoms with E-state index >= 15 is 0 Å². The molecule has 1 nitrogen and oxygen atoms in total. The number of hydrogen-bond acceptors (Lipinski definition) is 1. The molecule has 0 N–H and O–H groups in total. The fourth-order valence-electron chi connectivity index (χ4n) is 2.72. The molecule has 0 heterocycles. The average Bonchev–Trinajstić information content (AvgIpc) is 2.55. The Balaban J connectivity index is 2.64. The molecule has 0 aromatic heterocycles. The third-order valence-electron chi connectivity index (χ3n) is 3.62. The highest BCUT2D eigenvalue weighted by atomic mass is 28.3. The second-order valence-corrected chi connectivity index (χ2v) is 9.07. The number of ether oxygens (including phenoxy) is 1. The molecule has 22 heavy (non-hydrogen) atoms. The fraction of sp³-hybridized carbons (Fsp3) is 0.200. The van der Waals surface area contributed by atoms with Crippen LogP contribution in [-0.4, -0.2) is 21.8 Å². The highest BCUT2D eigenvalue weighted by Crippen LogP contribution is 2.16. The van der Waals surface area contributed by atoms with E-state index in [0.29, 0.717) is 6.61 Å². The standard InChI is InChI=1S/C20H22OSi/c1-18(2)17-22(16-10-15-21-3,19-11-6-4-7-12-19)20-13-8-5-9-14-20/h4-9,11-14H,1,15,17H2,2-3H3. The van der Waals surface area contributed by atoms with Gasteiger partial charge < -0.3 is 4.74 Å². The third-order valence-corrected chi connectivity index (χ3v) is 7.99. The quantitative estimate of drug-likeness (QED) is 0.469. The molecular weight excluding hydrogens is 284 g/mol. The summed E-state index contributed by atoms with van der Waals surface area (Å²) >= 11 is 0. The van der Waals surface area contributed by atoms with Gasteiger partial charge in [0.25, 0.3) is 0 Å². The molecule has 0 aliphatic rings. The minimum absolute atomic E-state index is 0.463. The maximum atomic E-state index is 5.14. The Kier molecular flexibility index (Phi) is 5.77. The lowest BCUT2D eigenvalue weighted by atomic mass is 10.4. The van der Waals surface area contributed by atoms with Crippen LogP contribution in [0.25, 0.3) is 0 Å². The Morgan fingerprint density at radius 2 is 1.50 bits per heavy atom. The zero-order valence-electron chi connectivity index (χ0n) is 13.3. The Morgan fingerprint density at radius 1 is 1.00 bits per heavy atom. The lowest BCUT2D eigenvalue weighted by Gasteiger charge is -2.27. The van der Waals surface area contributed by atoms with Crippen LogP contribution in [0.3, 0.4) is 0 Å². The molecule has 2 aromatic carbocycles. The van der Waals surface area contributed by atoms with E-state index in [9.17, 15) is 0 Å². The normalized spacial score (nSPS) is 10.6. The zero-order chi connectivity index (χ0) is 15.8. The minimum atomic E-state index is -2.19. The summed E-state index contributed by atoms with van der Waals surface area (Å²) in [7, 11) is -0.506. The van der Waals surface area contributed by atoms with E-state index < -0.39 is 8.07 Å². The van der Waals surface area contributed by atoms with E-state index in [2.05, 4.69) is 85.6 Å². The van der Waals surface area contributed by atoms with Crippen LogP contribution in [0.4, 0.5) is 0 Å². The van der Waals surface area contributed by atoms with Gasteiger partial charge >= 0.3 is 0 Å². The highest BCUT2D eigenvalue weighted by Gasteiger charge is 2.35.